The Kier molecular flexibility index (Phi) is 3.87. The Balaban J connectivity index is 1.90. The molecule has 1 fully saturated rings. The monoisotopic (exact) mass is 319 g/mol. The van der Waals surface area contributed by atoms with E-state index >= 15 is 0 Å². The first-order valence-electron chi connectivity index (χ1n) is 8.32. The highest BCUT2D eigenvalue weighted by Crippen LogP contribution is 2.38. The summed E-state index contributed by atoms with van der Waals surface area (Å²) >= 11 is 0. The van der Waals surface area contributed by atoms with E-state index in [2.05, 4.69) is 0 Å². The number of amides is 1. The zero-order valence-corrected chi connectivity index (χ0v) is 14.3. The molecule has 2 heterocycles. The number of aliphatic hydroxyl groups excluding tert-OH is 1. The molecule has 5 heteroatoms. The zero-order valence-electron chi connectivity index (χ0n) is 14.3. The molecule has 1 saturated heterocycles. The third-order valence-corrected chi connectivity index (χ3v) is 5.18. The molecule has 1 N–H and O–H groups in total. The maximum Gasteiger partial charge on any atom is 0.289 e. The van der Waals surface area contributed by atoms with Crippen LogP contribution in [0, 0.1) is 18.3 Å². The van der Waals surface area contributed by atoms with Crippen molar-refractivity contribution in [3.8, 4) is 0 Å². The molecule has 2 unspecified atom stereocenters. The summed E-state index contributed by atoms with van der Waals surface area (Å²) in [4.78, 5) is 26.8. The normalized spacial score (nSPS) is 27.0. The first-order chi connectivity index (χ1) is 10.7. The summed E-state index contributed by atoms with van der Waals surface area (Å²) in [6.45, 7) is 8.79. The van der Waals surface area contributed by atoms with Gasteiger partial charge in [0.05, 0.1) is 11.7 Å². The van der Waals surface area contributed by atoms with Crippen molar-refractivity contribution in [1.82, 2.24) is 4.90 Å². The maximum atomic E-state index is 12.8. The number of hydrogen-bond donors (Lipinski definition) is 1. The molecular weight excluding hydrogens is 294 g/mol. The minimum atomic E-state index is -0.502. The average Bonchev–Trinajstić information content (AvgIpc) is 2.76. The molecule has 1 aromatic heterocycles. The predicted octanol–water partition coefficient (Wildman–Crippen LogP) is 2.59. The van der Waals surface area contributed by atoms with Gasteiger partial charge in [0.25, 0.3) is 5.91 Å². The third kappa shape index (κ3) is 2.82. The number of furan rings is 1. The van der Waals surface area contributed by atoms with Gasteiger partial charge in [-0.15, -0.1) is 0 Å². The van der Waals surface area contributed by atoms with Crippen molar-refractivity contribution < 1.29 is 19.1 Å². The van der Waals surface area contributed by atoms with Gasteiger partial charge >= 0.3 is 0 Å². The molecule has 0 saturated carbocycles. The van der Waals surface area contributed by atoms with Crippen molar-refractivity contribution in [2.75, 3.05) is 13.1 Å². The van der Waals surface area contributed by atoms with Gasteiger partial charge < -0.3 is 14.4 Å². The number of β-amino-alcohol motifs (C(OH)–C–C–N with tert-alkyl or cyclic N) is 1. The number of rotatable bonds is 1. The average molecular weight is 319 g/mol. The lowest BCUT2D eigenvalue weighted by molar-refractivity contribution is 0.0229. The highest BCUT2D eigenvalue weighted by Gasteiger charge is 2.38. The standard InChI is InChI=1S/C18H25NO4/c1-10-5-6-19(9-13(10)21)17(22)16-11(2)15-12(20)7-18(3,4)8-14(15)23-16/h10,13,21H,5-9H2,1-4H3. The molecular formula is C18H25NO4. The van der Waals surface area contributed by atoms with Crippen LogP contribution in [0.1, 0.15) is 65.8 Å². The summed E-state index contributed by atoms with van der Waals surface area (Å²) in [5.41, 5.74) is 1.11. The smallest absolute Gasteiger partial charge is 0.289 e. The molecule has 1 aliphatic heterocycles. The van der Waals surface area contributed by atoms with Crippen molar-refractivity contribution in [3.05, 3.63) is 22.6 Å². The number of ketones is 1. The minimum absolute atomic E-state index is 0.0591. The number of likely N-dealkylation sites (tertiary alicyclic amines) is 1. The number of aliphatic hydroxyl groups is 1. The van der Waals surface area contributed by atoms with Gasteiger partial charge in [-0.1, -0.05) is 20.8 Å². The molecule has 126 valence electrons. The van der Waals surface area contributed by atoms with Crippen LogP contribution >= 0.6 is 0 Å². The minimum Gasteiger partial charge on any atom is -0.455 e. The van der Waals surface area contributed by atoms with Crippen LogP contribution in [0.25, 0.3) is 0 Å². The van der Waals surface area contributed by atoms with E-state index < -0.39 is 6.10 Å². The fraction of sp³-hybridized carbons (Fsp3) is 0.667. The molecule has 1 aromatic rings. The number of hydrogen-bond acceptors (Lipinski definition) is 4. The van der Waals surface area contributed by atoms with E-state index in [0.29, 0.717) is 42.8 Å². The van der Waals surface area contributed by atoms with E-state index in [-0.39, 0.29) is 28.8 Å². The highest BCUT2D eigenvalue weighted by atomic mass is 16.4. The van der Waals surface area contributed by atoms with Gasteiger partial charge in [0.15, 0.2) is 11.5 Å². The number of Topliss-reactive ketones (excluding diaryl/α,β-unsaturated/α-hetero) is 1. The molecule has 1 aliphatic carbocycles. The van der Waals surface area contributed by atoms with E-state index in [0.717, 1.165) is 6.42 Å². The summed E-state index contributed by atoms with van der Waals surface area (Å²) in [7, 11) is 0. The molecule has 5 nitrogen and oxygen atoms in total. The van der Waals surface area contributed by atoms with Gasteiger partial charge in [0, 0.05) is 31.5 Å². The van der Waals surface area contributed by atoms with Crippen molar-refractivity contribution in [3.63, 3.8) is 0 Å². The molecule has 0 radical (unpaired) electrons. The largest absolute Gasteiger partial charge is 0.455 e. The number of carbonyl (C=O) groups excluding carboxylic acids is 2. The summed E-state index contributed by atoms with van der Waals surface area (Å²) < 4.78 is 5.83. The number of nitrogens with zero attached hydrogens (tertiary/aromatic N) is 1. The van der Waals surface area contributed by atoms with Crippen LogP contribution in [0.2, 0.25) is 0 Å². The molecule has 0 bridgehead atoms. The number of piperidine rings is 1. The van der Waals surface area contributed by atoms with Crippen LogP contribution < -0.4 is 0 Å². The fourth-order valence-corrected chi connectivity index (χ4v) is 3.66. The number of carbonyl (C=O) groups is 2. The van der Waals surface area contributed by atoms with Crippen LogP contribution in [-0.4, -0.2) is 40.9 Å². The summed E-state index contributed by atoms with van der Waals surface area (Å²) in [6, 6.07) is 0. The molecule has 0 aromatic carbocycles. The Morgan fingerprint density at radius 2 is 2.04 bits per heavy atom. The van der Waals surface area contributed by atoms with Crippen LogP contribution in [0.15, 0.2) is 4.42 Å². The lowest BCUT2D eigenvalue weighted by Crippen LogP contribution is -2.45. The Morgan fingerprint density at radius 3 is 2.70 bits per heavy atom. The fourth-order valence-electron chi connectivity index (χ4n) is 3.66. The maximum absolute atomic E-state index is 12.8. The lowest BCUT2D eigenvalue weighted by Gasteiger charge is -2.33. The first-order valence-corrected chi connectivity index (χ1v) is 8.32. The van der Waals surface area contributed by atoms with Crippen molar-refractivity contribution in [2.45, 2.75) is 53.1 Å². The van der Waals surface area contributed by atoms with Crippen molar-refractivity contribution in [2.24, 2.45) is 11.3 Å². The lowest BCUT2D eigenvalue weighted by atomic mass is 9.76. The second-order valence-corrected chi connectivity index (χ2v) is 7.88. The van der Waals surface area contributed by atoms with Crippen LogP contribution in [-0.2, 0) is 6.42 Å². The first kappa shape index (κ1) is 16.2. The van der Waals surface area contributed by atoms with Crippen LogP contribution in [0.4, 0.5) is 0 Å². The Labute approximate surface area is 136 Å². The Morgan fingerprint density at radius 1 is 1.35 bits per heavy atom. The molecule has 23 heavy (non-hydrogen) atoms. The van der Waals surface area contributed by atoms with E-state index in [1.165, 1.54) is 0 Å². The molecule has 3 rings (SSSR count). The summed E-state index contributed by atoms with van der Waals surface area (Å²) in [6.07, 6.45) is 1.42. The molecule has 2 aliphatic rings. The summed E-state index contributed by atoms with van der Waals surface area (Å²) in [5.74, 6) is 0.950. The van der Waals surface area contributed by atoms with E-state index in [4.69, 9.17) is 4.42 Å². The van der Waals surface area contributed by atoms with Gasteiger partial charge in [0.2, 0.25) is 0 Å². The van der Waals surface area contributed by atoms with E-state index in [1.807, 2.05) is 20.8 Å². The second kappa shape index (κ2) is 5.48. The topological polar surface area (TPSA) is 70.8 Å². The third-order valence-electron chi connectivity index (χ3n) is 5.18. The second-order valence-electron chi connectivity index (χ2n) is 7.88. The van der Waals surface area contributed by atoms with Crippen molar-refractivity contribution in [1.29, 1.82) is 0 Å². The van der Waals surface area contributed by atoms with Crippen LogP contribution in [0.5, 0.6) is 0 Å². The van der Waals surface area contributed by atoms with Gasteiger partial charge in [-0.3, -0.25) is 9.59 Å². The van der Waals surface area contributed by atoms with Gasteiger partial charge in [-0.05, 0) is 24.7 Å². The van der Waals surface area contributed by atoms with Gasteiger partial charge in [-0.2, -0.15) is 0 Å². The quantitative estimate of drug-likeness (QED) is 0.863. The Hall–Kier alpha value is -1.62. The van der Waals surface area contributed by atoms with E-state index in [1.54, 1.807) is 11.8 Å². The van der Waals surface area contributed by atoms with Gasteiger partial charge in [0.1, 0.15) is 5.76 Å². The van der Waals surface area contributed by atoms with Crippen molar-refractivity contribution >= 4 is 11.7 Å². The highest BCUT2D eigenvalue weighted by molar-refractivity contribution is 6.03. The predicted molar refractivity (Wildman–Crippen MR) is 85.6 cm³/mol. The number of fused-ring (bicyclic) bond motifs is 1. The van der Waals surface area contributed by atoms with Gasteiger partial charge in [-0.25, -0.2) is 0 Å². The summed E-state index contributed by atoms with van der Waals surface area (Å²) in [5, 5.41) is 10.0. The SMILES string of the molecule is Cc1c(C(=O)N2CCC(C)C(O)C2)oc2c1C(=O)CC(C)(C)C2. The zero-order chi connectivity index (χ0) is 16.9. The van der Waals surface area contributed by atoms with E-state index in [9.17, 15) is 14.7 Å². The molecule has 0 spiro atoms. The molecule has 2 atom stereocenters. The molecule has 1 amide bonds. The Bertz CT molecular complexity index is 658. The van der Waals surface area contributed by atoms with Crippen LogP contribution in [0.3, 0.4) is 0 Å².